The van der Waals surface area contributed by atoms with E-state index < -0.39 is 5.97 Å². The molecule has 1 aromatic rings. The molecule has 2 N–H and O–H groups in total. The van der Waals surface area contributed by atoms with Crippen LogP contribution in [0, 0.1) is 11.8 Å². The summed E-state index contributed by atoms with van der Waals surface area (Å²) >= 11 is 0. The van der Waals surface area contributed by atoms with E-state index in [1.54, 1.807) is 24.3 Å². The average Bonchev–Trinajstić information content (AvgIpc) is 2.39. The summed E-state index contributed by atoms with van der Waals surface area (Å²) in [6.07, 6.45) is 4.50. The fraction of sp³-hybridized carbons (Fsp3) is 0.562. The normalized spacial score (nSPS) is 14.0. The predicted molar refractivity (Wildman–Crippen MR) is 76.2 cm³/mol. The number of carboxylic acid groups (broad SMARTS) is 1. The Hall–Kier alpha value is -1.51. The van der Waals surface area contributed by atoms with Crippen molar-refractivity contribution in [2.75, 3.05) is 0 Å². The van der Waals surface area contributed by atoms with Crippen molar-refractivity contribution in [1.82, 2.24) is 0 Å². The van der Waals surface area contributed by atoms with Crippen LogP contribution >= 0.6 is 0 Å². The molecule has 2 atom stereocenters. The fourth-order valence-corrected chi connectivity index (χ4v) is 2.49. The zero-order chi connectivity index (χ0) is 14.3. The van der Waals surface area contributed by atoms with Gasteiger partial charge in [-0.05, 0) is 36.5 Å². The molecule has 0 fully saturated rings. The molecular weight excluding hydrogens is 240 g/mol. The van der Waals surface area contributed by atoms with Gasteiger partial charge in [0.1, 0.15) is 5.75 Å². The number of phenols is 1. The molecule has 0 saturated carbocycles. The maximum atomic E-state index is 11.4. The van der Waals surface area contributed by atoms with E-state index in [1.165, 1.54) is 0 Å². The summed E-state index contributed by atoms with van der Waals surface area (Å²) in [6.45, 7) is 4.26. The third-order valence-corrected chi connectivity index (χ3v) is 3.66. The van der Waals surface area contributed by atoms with E-state index in [4.69, 9.17) is 0 Å². The summed E-state index contributed by atoms with van der Waals surface area (Å²) in [5.74, 6) is -0.347. The molecule has 0 saturated heterocycles. The lowest BCUT2D eigenvalue weighted by atomic mass is 9.86. The van der Waals surface area contributed by atoms with Gasteiger partial charge in [-0.3, -0.25) is 4.79 Å². The van der Waals surface area contributed by atoms with Gasteiger partial charge in [-0.25, -0.2) is 0 Å². The number of aromatic hydroxyl groups is 1. The molecule has 0 heterocycles. The second-order valence-corrected chi connectivity index (χ2v) is 5.20. The van der Waals surface area contributed by atoms with Gasteiger partial charge in [0.15, 0.2) is 0 Å². The van der Waals surface area contributed by atoms with E-state index in [0.29, 0.717) is 12.3 Å². The number of hydrogen-bond acceptors (Lipinski definition) is 2. The molecule has 3 nitrogen and oxygen atoms in total. The first kappa shape index (κ1) is 15.5. The minimum absolute atomic E-state index is 0.216. The van der Waals surface area contributed by atoms with Gasteiger partial charge in [-0.15, -0.1) is 0 Å². The van der Waals surface area contributed by atoms with Crippen LogP contribution in [0.4, 0.5) is 0 Å². The second-order valence-electron chi connectivity index (χ2n) is 5.20. The largest absolute Gasteiger partial charge is 0.508 e. The van der Waals surface area contributed by atoms with Gasteiger partial charge >= 0.3 is 5.97 Å². The van der Waals surface area contributed by atoms with E-state index in [1.807, 2.05) is 0 Å². The molecule has 0 spiro atoms. The third kappa shape index (κ3) is 5.33. The van der Waals surface area contributed by atoms with Crippen molar-refractivity contribution in [2.24, 2.45) is 11.8 Å². The number of carboxylic acids is 1. The summed E-state index contributed by atoms with van der Waals surface area (Å²) in [7, 11) is 0. The Kier molecular flexibility index (Phi) is 6.40. The SMILES string of the molecule is CCCC(CC)CC(Cc1ccc(O)cc1)C(=O)O. The van der Waals surface area contributed by atoms with Crippen LogP contribution in [-0.2, 0) is 11.2 Å². The van der Waals surface area contributed by atoms with E-state index in [2.05, 4.69) is 13.8 Å². The van der Waals surface area contributed by atoms with Crippen molar-refractivity contribution in [3.8, 4) is 5.75 Å². The van der Waals surface area contributed by atoms with E-state index in [0.717, 1.165) is 31.2 Å². The van der Waals surface area contributed by atoms with Crippen molar-refractivity contribution in [3.05, 3.63) is 29.8 Å². The summed E-state index contributed by atoms with van der Waals surface area (Å²) in [4.78, 5) is 11.4. The molecule has 0 radical (unpaired) electrons. The van der Waals surface area contributed by atoms with Crippen LogP contribution < -0.4 is 0 Å². The smallest absolute Gasteiger partial charge is 0.306 e. The molecule has 1 rings (SSSR count). The lowest BCUT2D eigenvalue weighted by Crippen LogP contribution is -2.20. The highest BCUT2D eigenvalue weighted by atomic mass is 16.4. The predicted octanol–water partition coefficient (Wildman–Crippen LogP) is 3.85. The Labute approximate surface area is 115 Å². The zero-order valence-electron chi connectivity index (χ0n) is 11.8. The summed E-state index contributed by atoms with van der Waals surface area (Å²) in [5, 5.41) is 18.6. The molecule has 0 bridgehead atoms. The standard InChI is InChI=1S/C16H24O3/c1-3-5-12(4-2)10-14(16(18)19)11-13-6-8-15(17)9-7-13/h6-9,12,14,17H,3-5,10-11H2,1-2H3,(H,18,19). The minimum Gasteiger partial charge on any atom is -0.508 e. The van der Waals surface area contributed by atoms with Gasteiger partial charge in [0.05, 0.1) is 5.92 Å². The highest BCUT2D eigenvalue weighted by Gasteiger charge is 2.21. The molecule has 0 aromatic heterocycles. The van der Waals surface area contributed by atoms with Crippen LogP contribution in [0.3, 0.4) is 0 Å². The molecule has 19 heavy (non-hydrogen) atoms. The van der Waals surface area contributed by atoms with Crippen molar-refractivity contribution in [2.45, 2.75) is 46.0 Å². The van der Waals surface area contributed by atoms with Crippen molar-refractivity contribution in [3.63, 3.8) is 0 Å². The molecule has 0 aliphatic carbocycles. The van der Waals surface area contributed by atoms with E-state index in [-0.39, 0.29) is 11.7 Å². The van der Waals surface area contributed by atoms with Gasteiger partial charge in [0, 0.05) is 0 Å². The lowest BCUT2D eigenvalue weighted by Gasteiger charge is -2.19. The van der Waals surface area contributed by atoms with Gasteiger partial charge in [0.2, 0.25) is 0 Å². The quantitative estimate of drug-likeness (QED) is 0.749. The van der Waals surface area contributed by atoms with Crippen LogP contribution in [-0.4, -0.2) is 16.2 Å². The summed E-state index contributed by atoms with van der Waals surface area (Å²) in [6, 6.07) is 6.81. The molecule has 106 valence electrons. The van der Waals surface area contributed by atoms with Crippen LogP contribution in [0.5, 0.6) is 5.75 Å². The number of carbonyl (C=O) groups is 1. The molecule has 2 unspecified atom stereocenters. The Bertz CT molecular complexity index is 383. The Morgan fingerprint density at radius 2 is 1.84 bits per heavy atom. The molecule has 3 heteroatoms. The molecule has 0 amide bonds. The number of aliphatic carboxylic acids is 1. The van der Waals surface area contributed by atoms with E-state index >= 15 is 0 Å². The first-order valence-corrected chi connectivity index (χ1v) is 7.07. The van der Waals surface area contributed by atoms with Crippen molar-refractivity contribution < 1.29 is 15.0 Å². The van der Waals surface area contributed by atoms with Crippen LogP contribution in [0.15, 0.2) is 24.3 Å². The van der Waals surface area contributed by atoms with Crippen LogP contribution in [0.25, 0.3) is 0 Å². The summed E-state index contributed by atoms with van der Waals surface area (Å²) < 4.78 is 0. The Balaban J connectivity index is 2.67. The van der Waals surface area contributed by atoms with Crippen LogP contribution in [0.2, 0.25) is 0 Å². The average molecular weight is 264 g/mol. The highest BCUT2D eigenvalue weighted by molar-refractivity contribution is 5.70. The van der Waals surface area contributed by atoms with Gasteiger partial charge in [0.25, 0.3) is 0 Å². The lowest BCUT2D eigenvalue weighted by molar-refractivity contribution is -0.142. The van der Waals surface area contributed by atoms with Crippen molar-refractivity contribution >= 4 is 5.97 Å². The van der Waals surface area contributed by atoms with Gasteiger partial charge < -0.3 is 10.2 Å². The van der Waals surface area contributed by atoms with Crippen LogP contribution in [0.1, 0.15) is 45.1 Å². The molecule has 0 aliphatic heterocycles. The third-order valence-electron chi connectivity index (χ3n) is 3.66. The molecule has 0 aliphatic rings. The Morgan fingerprint density at radius 3 is 2.32 bits per heavy atom. The number of rotatable bonds is 8. The number of hydrogen-bond donors (Lipinski definition) is 2. The number of phenolic OH excluding ortho intramolecular Hbond substituents is 1. The first-order valence-electron chi connectivity index (χ1n) is 7.07. The second kappa shape index (κ2) is 7.82. The minimum atomic E-state index is -0.720. The zero-order valence-corrected chi connectivity index (χ0v) is 11.8. The highest BCUT2D eigenvalue weighted by Crippen LogP contribution is 2.24. The maximum Gasteiger partial charge on any atom is 0.306 e. The maximum absolute atomic E-state index is 11.4. The fourth-order valence-electron chi connectivity index (χ4n) is 2.49. The van der Waals surface area contributed by atoms with Gasteiger partial charge in [-0.1, -0.05) is 45.2 Å². The number of benzene rings is 1. The van der Waals surface area contributed by atoms with Gasteiger partial charge in [-0.2, -0.15) is 0 Å². The summed E-state index contributed by atoms with van der Waals surface area (Å²) in [5.41, 5.74) is 0.969. The van der Waals surface area contributed by atoms with Crippen molar-refractivity contribution in [1.29, 1.82) is 0 Å². The van der Waals surface area contributed by atoms with E-state index in [9.17, 15) is 15.0 Å². The molecule has 1 aromatic carbocycles. The molecular formula is C16H24O3. The Morgan fingerprint density at radius 1 is 1.21 bits per heavy atom. The monoisotopic (exact) mass is 264 g/mol. The first-order chi connectivity index (χ1) is 9.06. The topological polar surface area (TPSA) is 57.5 Å².